The Hall–Kier alpha value is -1.44. The molecule has 0 aliphatic heterocycles. The molecule has 0 bridgehead atoms. The zero-order valence-corrected chi connectivity index (χ0v) is 8.84. The fraction of sp³-hybridized carbons (Fsp3) is 0.333. The maximum absolute atomic E-state index is 13.4. The number of hydrogen-bond donors (Lipinski definition) is 2. The minimum absolute atomic E-state index is 0.229. The number of terminal acetylenes is 1. The molecule has 0 saturated carbocycles. The Balaban J connectivity index is 2.75. The van der Waals surface area contributed by atoms with Gasteiger partial charge in [-0.05, 0) is 6.07 Å². The molecule has 2 nitrogen and oxygen atoms in total. The van der Waals surface area contributed by atoms with E-state index in [0.717, 1.165) is 6.07 Å². The predicted octanol–water partition coefficient (Wildman–Crippen LogP) is 1.58. The Morgan fingerprint density at radius 2 is 2.19 bits per heavy atom. The maximum atomic E-state index is 13.4. The molecule has 1 aromatic carbocycles. The lowest BCUT2D eigenvalue weighted by Crippen LogP contribution is -2.29. The number of hydrogen-bond acceptors (Lipinski definition) is 2. The third-order valence-corrected chi connectivity index (χ3v) is 2.23. The van der Waals surface area contributed by atoms with Gasteiger partial charge in [0.1, 0.15) is 11.6 Å². The second kappa shape index (κ2) is 6.21. The molecule has 0 aliphatic rings. The molecule has 0 heterocycles. The normalized spacial score (nSPS) is 12.1. The molecular formula is C12H14F2N2. The van der Waals surface area contributed by atoms with Gasteiger partial charge in [0, 0.05) is 37.2 Å². The Kier molecular flexibility index (Phi) is 4.90. The van der Waals surface area contributed by atoms with E-state index in [9.17, 15) is 8.78 Å². The van der Waals surface area contributed by atoms with Gasteiger partial charge in [0.15, 0.2) is 0 Å². The summed E-state index contributed by atoms with van der Waals surface area (Å²) in [6, 6.07) is 3.12. The van der Waals surface area contributed by atoms with Gasteiger partial charge in [-0.1, -0.05) is 6.07 Å². The van der Waals surface area contributed by atoms with Gasteiger partial charge in [0.2, 0.25) is 0 Å². The van der Waals surface area contributed by atoms with Crippen LogP contribution in [0.25, 0.3) is 0 Å². The van der Waals surface area contributed by atoms with Crippen molar-refractivity contribution in [2.24, 2.45) is 5.73 Å². The number of rotatable bonds is 5. The fourth-order valence-electron chi connectivity index (χ4n) is 1.42. The SMILES string of the molecule is C#CCCNC(CN)c1ccc(F)cc1F. The van der Waals surface area contributed by atoms with Crippen molar-refractivity contribution in [3.8, 4) is 12.3 Å². The van der Waals surface area contributed by atoms with Gasteiger partial charge in [-0.3, -0.25) is 0 Å². The summed E-state index contributed by atoms with van der Waals surface area (Å²) in [7, 11) is 0. The van der Waals surface area contributed by atoms with Gasteiger partial charge in [-0.25, -0.2) is 8.78 Å². The average molecular weight is 224 g/mol. The van der Waals surface area contributed by atoms with Gasteiger partial charge >= 0.3 is 0 Å². The Labute approximate surface area is 93.8 Å². The molecule has 0 radical (unpaired) electrons. The molecule has 4 heteroatoms. The van der Waals surface area contributed by atoms with Crippen LogP contribution in [0.3, 0.4) is 0 Å². The van der Waals surface area contributed by atoms with Crippen LogP contribution in [0.1, 0.15) is 18.0 Å². The van der Waals surface area contributed by atoms with E-state index in [0.29, 0.717) is 18.5 Å². The van der Waals surface area contributed by atoms with Gasteiger partial charge in [0.05, 0.1) is 0 Å². The van der Waals surface area contributed by atoms with Crippen LogP contribution in [0, 0.1) is 24.0 Å². The summed E-state index contributed by atoms with van der Waals surface area (Å²) < 4.78 is 26.1. The lowest BCUT2D eigenvalue weighted by Gasteiger charge is -2.17. The first-order valence-electron chi connectivity index (χ1n) is 5.01. The van der Waals surface area contributed by atoms with E-state index in [1.165, 1.54) is 12.1 Å². The first-order chi connectivity index (χ1) is 7.69. The van der Waals surface area contributed by atoms with Crippen LogP contribution in [0.2, 0.25) is 0 Å². The molecule has 16 heavy (non-hydrogen) atoms. The predicted molar refractivity (Wildman–Crippen MR) is 59.6 cm³/mol. The lowest BCUT2D eigenvalue weighted by atomic mass is 10.1. The zero-order chi connectivity index (χ0) is 12.0. The van der Waals surface area contributed by atoms with Crippen LogP contribution in [-0.2, 0) is 0 Å². The molecule has 1 atom stereocenters. The number of nitrogens with two attached hydrogens (primary N) is 1. The quantitative estimate of drug-likeness (QED) is 0.588. The summed E-state index contributed by atoms with van der Waals surface area (Å²) in [5.74, 6) is 1.27. The van der Waals surface area contributed by atoms with Gasteiger partial charge in [0.25, 0.3) is 0 Å². The maximum Gasteiger partial charge on any atom is 0.130 e. The van der Waals surface area contributed by atoms with E-state index in [1.54, 1.807) is 0 Å². The van der Waals surface area contributed by atoms with Crippen molar-refractivity contribution in [2.75, 3.05) is 13.1 Å². The molecule has 86 valence electrons. The number of benzene rings is 1. The van der Waals surface area contributed by atoms with Crippen LogP contribution in [0.15, 0.2) is 18.2 Å². The highest BCUT2D eigenvalue weighted by Gasteiger charge is 2.13. The second-order valence-corrected chi connectivity index (χ2v) is 3.36. The van der Waals surface area contributed by atoms with E-state index >= 15 is 0 Å². The third kappa shape index (κ3) is 3.30. The highest BCUT2D eigenvalue weighted by atomic mass is 19.1. The van der Waals surface area contributed by atoms with Crippen molar-refractivity contribution >= 4 is 0 Å². The molecule has 0 fully saturated rings. The average Bonchev–Trinajstić information content (AvgIpc) is 2.26. The van der Waals surface area contributed by atoms with Crippen molar-refractivity contribution in [1.29, 1.82) is 0 Å². The summed E-state index contributed by atoms with van der Waals surface area (Å²) in [5, 5.41) is 3.02. The first-order valence-corrected chi connectivity index (χ1v) is 5.01. The molecule has 1 unspecified atom stereocenters. The van der Waals surface area contributed by atoms with E-state index in [4.69, 9.17) is 12.2 Å². The van der Waals surface area contributed by atoms with Crippen LogP contribution in [0.4, 0.5) is 8.78 Å². The van der Waals surface area contributed by atoms with Crippen molar-refractivity contribution in [3.63, 3.8) is 0 Å². The molecule has 1 aromatic rings. The lowest BCUT2D eigenvalue weighted by molar-refractivity contribution is 0.504. The summed E-state index contributed by atoms with van der Waals surface area (Å²) in [6.07, 6.45) is 5.64. The van der Waals surface area contributed by atoms with E-state index in [-0.39, 0.29) is 12.6 Å². The first kappa shape index (κ1) is 12.6. The molecular weight excluding hydrogens is 210 g/mol. The molecule has 0 amide bonds. The number of nitrogens with one attached hydrogen (secondary N) is 1. The zero-order valence-electron chi connectivity index (χ0n) is 8.84. The summed E-state index contributed by atoms with van der Waals surface area (Å²) in [5.41, 5.74) is 5.88. The summed E-state index contributed by atoms with van der Waals surface area (Å²) >= 11 is 0. The van der Waals surface area contributed by atoms with Gasteiger partial charge < -0.3 is 11.1 Å². The Morgan fingerprint density at radius 1 is 1.44 bits per heavy atom. The van der Waals surface area contributed by atoms with Gasteiger partial charge in [-0.15, -0.1) is 12.3 Å². The van der Waals surface area contributed by atoms with Gasteiger partial charge in [-0.2, -0.15) is 0 Å². The monoisotopic (exact) mass is 224 g/mol. The highest BCUT2D eigenvalue weighted by molar-refractivity contribution is 5.22. The van der Waals surface area contributed by atoms with Crippen molar-refractivity contribution in [3.05, 3.63) is 35.4 Å². The fourth-order valence-corrected chi connectivity index (χ4v) is 1.42. The molecule has 0 saturated heterocycles. The largest absolute Gasteiger partial charge is 0.329 e. The highest BCUT2D eigenvalue weighted by Crippen LogP contribution is 2.17. The Morgan fingerprint density at radius 3 is 2.75 bits per heavy atom. The summed E-state index contributed by atoms with van der Waals surface area (Å²) in [6.45, 7) is 0.780. The minimum Gasteiger partial charge on any atom is -0.329 e. The van der Waals surface area contributed by atoms with Crippen LogP contribution >= 0.6 is 0 Å². The molecule has 0 aliphatic carbocycles. The molecule has 0 spiro atoms. The van der Waals surface area contributed by atoms with E-state index < -0.39 is 11.6 Å². The Bertz CT molecular complexity index is 385. The van der Waals surface area contributed by atoms with Crippen LogP contribution in [0.5, 0.6) is 0 Å². The van der Waals surface area contributed by atoms with E-state index in [2.05, 4.69) is 11.2 Å². The number of halogens is 2. The molecule has 3 N–H and O–H groups in total. The van der Waals surface area contributed by atoms with Crippen molar-refractivity contribution in [1.82, 2.24) is 5.32 Å². The van der Waals surface area contributed by atoms with Crippen molar-refractivity contribution in [2.45, 2.75) is 12.5 Å². The van der Waals surface area contributed by atoms with Crippen LogP contribution in [-0.4, -0.2) is 13.1 Å². The minimum atomic E-state index is -0.597. The van der Waals surface area contributed by atoms with E-state index in [1.807, 2.05) is 0 Å². The smallest absolute Gasteiger partial charge is 0.130 e. The third-order valence-electron chi connectivity index (χ3n) is 2.23. The molecule has 0 aromatic heterocycles. The topological polar surface area (TPSA) is 38.0 Å². The second-order valence-electron chi connectivity index (χ2n) is 3.36. The standard InChI is InChI=1S/C12H14F2N2/c1-2-3-6-16-12(8-15)10-5-4-9(13)7-11(10)14/h1,4-5,7,12,16H,3,6,8,15H2. The van der Waals surface area contributed by atoms with Crippen LogP contribution < -0.4 is 11.1 Å². The summed E-state index contributed by atoms with van der Waals surface area (Å²) in [4.78, 5) is 0. The molecule has 1 rings (SSSR count). The van der Waals surface area contributed by atoms with Crippen molar-refractivity contribution < 1.29 is 8.78 Å².